The highest BCUT2D eigenvalue weighted by molar-refractivity contribution is 14.1. The lowest BCUT2D eigenvalue weighted by Gasteiger charge is -1.98. The van der Waals surface area contributed by atoms with E-state index in [0.717, 1.165) is 5.69 Å². The Kier molecular flexibility index (Phi) is 2.59. The molecule has 0 fully saturated rings. The molecule has 0 aliphatic carbocycles. The Morgan fingerprint density at radius 2 is 2.30 bits per heavy atom. The predicted octanol–water partition coefficient (Wildman–Crippen LogP) is 2.79. The summed E-state index contributed by atoms with van der Waals surface area (Å²) in [5.74, 6) is 0. The van der Waals surface area contributed by atoms with Gasteiger partial charge in [0.1, 0.15) is 0 Å². The summed E-state index contributed by atoms with van der Waals surface area (Å²) in [4.78, 5) is 3.99. The van der Waals surface area contributed by atoms with Crippen LogP contribution in [-0.4, -0.2) is 4.98 Å². The second-order valence-corrected chi connectivity index (χ2v) is 3.10. The first kappa shape index (κ1) is 7.91. The lowest BCUT2D eigenvalue weighted by atomic mass is 10.3. The van der Waals surface area contributed by atoms with Gasteiger partial charge in [-0.25, -0.2) is 4.39 Å². The molecule has 3 heteroatoms. The minimum Gasteiger partial charge on any atom is -0.254 e. The number of hydrogen-bond acceptors (Lipinski definition) is 1. The van der Waals surface area contributed by atoms with E-state index in [1.54, 1.807) is 28.7 Å². The molecule has 0 amide bonds. The molecule has 1 unspecified atom stereocenters. The number of pyridine rings is 1. The van der Waals surface area contributed by atoms with Gasteiger partial charge < -0.3 is 0 Å². The molecule has 0 bridgehead atoms. The van der Waals surface area contributed by atoms with Crippen LogP contribution >= 0.6 is 22.6 Å². The molecule has 0 aliphatic rings. The molecule has 0 saturated heterocycles. The molecule has 0 spiro atoms. The monoisotopic (exact) mass is 251 g/mol. The van der Waals surface area contributed by atoms with Crippen molar-refractivity contribution in [1.82, 2.24) is 4.98 Å². The van der Waals surface area contributed by atoms with Crippen molar-refractivity contribution in [3.05, 3.63) is 29.6 Å². The molecule has 0 saturated carbocycles. The van der Waals surface area contributed by atoms with Crippen molar-refractivity contribution in [1.29, 1.82) is 0 Å². The van der Waals surface area contributed by atoms with Crippen LogP contribution in [0.1, 0.15) is 15.6 Å². The quantitative estimate of drug-likeness (QED) is 0.552. The van der Waals surface area contributed by atoms with E-state index in [1.165, 1.54) is 0 Å². The summed E-state index contributed by atoms with van der Waals surface area (Å²) in [6, 6.07) is 5.34. The highest BCUT2D eigenvalue weighted by Crippen LogP contribution is 2.21. The third kappa shape index (κ3) is 1.90. The van der Waals surface area contributed by atoms with Gasteiger partial charge in [-0.3, -0.25) is 4.98 Å². The molecule has 10 heavy (non-hydrogen) atoms. The van der Waals surface area contributed by atoms with Gasteiger partial charge in [0, 0.05) is 5.69 Å². The maximum atomic E-state index is 12.5. The minimum absolute atomic E-state index is 0.501. The third-order valence-corrected chi connectivity index (χ3v) is 1.77. The van der Waals surface area contributed by atoms with E-state index in [2.05, 4.69) is 4.98 Å². The summed E-state index contributed by atoms with van der Waals surface area (Å²) in [5, 5.41) is 0. The fraction of sp³-hybridized carbons (Fsp3) is 0.286. The Morgan fingerprint density at radius 3 is 2.70 bits per heavy atom. The molecule has 1 rings (SSSR count). The van der Waals surface area contributed by atoms with Crippen LogP contribution in [0.2, 0.25) is 0 Å². The molecular formula is C7H7FIN. The topological polar surface area (TPSA) is 12.9 Å². The Morgan fingerprint density at radius 1 is 1.60 bits per heavy atom. The second kappa shape index (κ2) is 3.27. The average molecular weight is 251 g/mol. The number of hydrogen-bond donors (Lipinski definition) is 0. The number of alkyl halides is 2. The van der Waals surface area contributed by atoms with Crippen LogP contribution in [0.5, 0.6) is 0 Å². The Balaban J connectivity index is 2.96. The van der Waals surface area contributed by atoms with Crippen molar-refractivity contribution in [3.8, 4) is 0 Å². The van der Waals surface area contributed by atoms with Crippen molar-refractivity contribution in [3.63, 3.8) is 0 Å². The average Bonchev–Trinajstić information content (AvgIpc) is 1.88. The number of nitrogens with zero attached hydrogens (tertiary/aromatic N) is 1. The highest BCUT2D eigenvalue weighted by Gasteiger charge is 2.03. The number of aryl methyl sites for hydroxylation is 1. The van der Waals surface area contributed by atoms with Gasteiger partial charge in [-0.05, 0) is 41.6 Å². The van der Waals surface area contributed by atoms with E-state index < -0.39 is 4.18 Å². The number of rotatable bonds is 1. The van der Waals surface area contributed by atoms with Crippen LogP contribution in [0.25, 0.3) is 0 Å². The van der Waals surface area contributed by atoms with Crippen molar-refractivity contribution in [2.24, 2.45) is 0 Å². The summed E-state index contributed by atoms with van der Waals surface area (Å²) < 4.78 is 11.5. The van der Waals surface area contributed by atoms with Gasteiger partial charge in [0.25, 0.3) is 0 Å². The zero-order valence-electron chi connectivity index (χ0n) is 5.51. The SMILES string of the molecule is Cc1cccc(C(F)I)n1. The van der Waals surface area contributed by atoms with E-state index in [1.807, 2.05) is 19.1 Å². The molecule has 0 radical (unpaired) electrons. The van der Waals surface area contributed by atoms with Gasteiger partial charge in [0.15, 0.2) is 4.18 Å². The number of halogens is 2. The molecule has 1 nitrogen and oxygen atoms in total. The Hall–Kier alpha value is -0.190. The first-order chi connectivity index (χ1) is 4.70. The van der Waals surface area contributed by atoms with Crippen LogP contribution < -0.4 is 0 Å². The van der Waals surface area contributed by atoms with Gasteiger partial charge in [0.05, 0.1) is 5.69 Å². The molecule has 0 aliphatic heterocycles. The zero-order valence-corrected chi connectivity index (χ0v) is 7.67. The Labute approximate surface area is 72.8 Å². The van der Waals surface area contributed by atoms with E-state index in [0.29, 0.717) is 5.69 Å². The van der Waals surface area contributed by atoms with Crippen molar-refractivity contribution in [2.45, 2.75) is 11.1 Å². The predicted molar refractivity (Wildman–Crippen MR) is 46.8 cm³/mol. The summed E-state index contributed by atoms with van der Waals surface area (Å²) in [6.45, 7) is 1.85. The third-order valence-electron chi connectivity index (χ3n) is 1.13. The fourth-order valence-electron chi connectivity index (χ4n) is 0.686. The lowest BCUT2D eigenvalue weighted by molar-refractivity contribution is 0.481. The second-order valence-electron chi connectivity index (χ2n) is 2.00. The van der Waals surface area contributed by atoms with Crippen LogP contribution in [-0.2, 0) is 0 Å². The maximum Gasteiger partial charge on any atom is 0.192 e. The van der Waals surface area contributed by atoms with Crippen molar-refractivity contribution < 1.29 is 4.39 Å². The minimum atomic E-state index is -0.988. The largest absolute Gasteiger partial charge is 0.254 e. The molecule has 1 aromatic heterocycles. The first-order valence-electron chi connectivity index (χ1n) is 2.92. The van der Waals surface area contributed by atoms with E-state index in [9.17, 15) is 4.39 Å². The maximum absolute atomic E-state index is 12.5. The molecule has 1 heterocycles. The van der Waals surface area contributed by atoms with Crippen LogP contribution in [0.15, 0.2) is 18.2 Å². The number of aromatic nitrogens is 1. The van der Waals surface area contributed by atoms with Gasteiger partial charge >= 0.3 is 0 Å². The van der Waals surface area contributed by atoms with E-state index >= 15 is 0 Å². The molecule has 1 atom stereocenters. The molecule has 54 valence electrons. The van der Waals surface area contributed by atoms with Gasteiger partial charge in [0.2, 0.25) is 0 Å². The van der Waals surface area contributed by atoms with Gasteiger partial charge in [-0.2, -0.15) is 0 Å². The molecule has 0 aromatic carbocycles. The zero-order chi connectivity index (χ0) is 7.56. The summed E-state index contributed by atoms with van der Waals surface area (Å²) in [5.41, 5.74) is 1.36. The normalized spacial score (nSPS) is 13.1. The van der Waals surface area contributed by atoms with Gasteiger partial charge in [-0.15, -0.1) is 0 Å². The van der Waals surface area contributed by atoms with Crippen LogP contribution in [0.3, 0.4) is 0 Å². The lowest BCUT2D eigenvalue weighted by Crippen LogP contribution is -1.89. The Bertz CT molecular complexity index is 225. The summed E-state index contributed by atoms with van der Waals surface area (Å²) >= 11 is 1.70. The van der Waals surface area contributed by atoms with Gasteiger partial charge in [-0.1, -0.05) is 6.07 Å². The van der Waals surface area contributed by atoms with E-state index in [-0.39, 0.29) is 0 Å². The summed E-state index contributed by atoms with van der Waals surface area (Å²) in [7, 11) is 0. The van der Waals surface area contributed by atoms with Crippen LogP contribution in [0, 0.1) is 6.92 Å². The van der Waals surface area contributed by atoms with Crippen molar-refractivity contribution in [2.75, 3.05) is 0 Å². The smallest absolute Gasteiger partial charge is 0.192 e. The molecular weight excluding hydrogens is 244 g/mol. The standard InChI is InChI=1S/C7H7FIN/c1-5-3-2-4-6(10-5)7(8)9/h2-4,7H,1H3. The first-order valence-corrected chi connectivity index (χ1v) is 4.16. The summed E-state index contributed by atoms with van der Waals surface area (Å²) in [6.07, 6.45) is 0. The van der Waals surface area contributed by atoms with E-state index in [4.69, 9.17) is 0 Å². The highest BCUT2D eigenvalue weighted by atomic mass is 127. The molecule has 0 N–H and O–H groups in total. The fourth-order valence-corrected chi connectivity index (χ4v) is 1.03. The van der Waals surface area contributed by atoms with Crippen LogP contribution in [0.4, 0.5) is 4.39 Å². The molecule has 1 aromatic rings. The van der Waals surface area contributed by atoms with Crippen molar-refractivity contribution >= 4 is 22.6 Å².